The van der Waals surface area contributed by atoms with E-state index >= 15 is 0 Å². The van der Waals surface area contributed by atoms with Crippen LogP contribution in [0.5, 0.6) is 0 Å². The lowest BCUT2D eigenvalue weighted by Crippen LogP contribution is -2.41. The first-order valence-corrected chi connectivity index (χ1v) is 8.33. The van der Waals surface area contributed by atoms with Crippen molar-refractivity contribution in [3.63, 3.8) is 0 Å². The largest absolute Gasteiger partial charge is 0.469 e. The van der Waals surface area contributed by atoms with Crippen molar-refractivity contribution >= 4 is 17.7 Å². The van der Waals surface area contributed by atoms with Gasteiger partial charge in [0.25, 0.3) is 0 Å². The number of thioether (sulfide) groups is 1. The minimum absolute atomic E-state index is 0.0463. The van der Waals surface area contributed by atoms with Crippen LogP contribution in [0.3, 0.4) is 0 Å². The van der Waals surface area contributed by atoms with E-state index in [1.54, 1.807) is 0 Å². The van der Waals surface area contributed by atoms with Crippen molar-refractivity contribution in [2.75, 3.05) is 19.9 Å². The fraction of sp³-hybridized carbons (Fsp3) is 0.933. The molecule has 0 amide bonds. The Balaban J connectivity index is 1.84. The van der Waals surface area contributed by atoms with Crippen LogP contribution in [0.15, 0.2) is 0 Å². The van der Waals surface area contributed by atoms with Crippen LogP contribution < -0.4 is 5.32 Å². The van der Waals surface area contributed by atoms with Gasteiger partial charge in [0.15, 0.2) is 0 Å². The van der Waals surface area contributed by atoms with E-state index < -0.39 is 0 Å². The minimum Gasteiger partial charge on any atom is -0.469 e. The van der Waals surface area contributed by atoms with E-state index in [-0.39, 0.29) is 11.4 Å². The van der Waals surface area contributed by atoms with E-state index in [1.807, 2.05) is 0 Å². The summed E-state index contributed by atoms with van der Waals surface area (Å²) in [5.74, 6) is 1.07. The van der Waals surface area contributed by atoms with Crippen molar-refractivity contribution in [2.45, 2.75) is 57.2 Å². The first-order valence-electron chi connectivity index (χ1n) is 7.28. The van der Waals surface area contributed by atoms with E-state index in [0.717, 1.165) is 5.75 Å². The standard InChI is InChI=1S/C15H27NO2S/c1-14(2)6-5-11(13(14)16-3)19-10-15(7-8-15)9-12(17)18-4/h11,13,16H,5-10H2,1-4H3. The molecule has 3 nitrogen and oxygen atoms in total. The van der Waals surface area contributed by atoms with Gasteiger partial charge in [0.1, 0.15) is 0 Å². The number of carbonyl (C=O) groups excluding carboxylic acids is 1. The second-order valence-electron chi connectivity index (χ2n) is 6.90. The highest BCUT2D eigenvalue weighted by Crippen LogP contribution is 2.53. The SMILES string of the molecule is CNC1C(SCC2(CC(=O)OC)CC2)CCC1(C)C. The summed E-state index contributed by atoms with van der Waals surface area (Å²) in [6.07, 6.45) is 5.57. The van der Waals surface area contributed by atoms with Crippen LogP contribution in [0.4, 0.5) is 0 Å². The average molecular weight is 285 g/mol. The second kappa shape index (κ2) is 5.65. The highest BCUT2D eigenvalue weighted by Gasteiger charge is 2.47. The normalized spacial score (nSPS) is 31.2. The number of hydrogen-bond acceptors (Lipinski definition) is 4. The van der Waals surface area contributed by atoms with Crippen molar-refractivity contribution in [1.82, 2.24) is 5.32 Å². The first kappa shape index (κ1) is 15.2. The van der Waals surface area contributed by atoms with Crippen LogP contribution >= 0.6 is 11.8 Å². The molecule has 1 N–H and O–H groups in total. The maximum atomic E-state index is 11.4. The molecule has 0 spiro atoms. The molecule has 19 heavy (non-hydrogen) atoms. The zero-order chi connectivity index (χ0) is 14.1. The number of hydrogen-bond donors (Lipinski definition) is 1. The molecule has 2 aliphatic rings. The van der Waals surface area contributed by atoms with Gasteiger partial charge in [-0.05, 0) is 49.3 Å². The van der Waals surface area contributed by atoms with Crippen molar-refractivity contribution in [1.29, 1.82) is 0 Å². The van der Waals surface area contributed by atoms with Crippen molar-refractivity contribution in [3.05, 3.63) is 0 Å². The van der Waals surface area contributed by atoms with Gasteiger partial charge in [-0.3, -0.25) is 4.79 Å². The molecule has 0 radical (unpaired) electrons. The maximum Gasteiger partial charge on any atom is 0.306 e. The second-order valence-corrected chi connectivity index (χ2v) is 8.12. The van der Waals surface area contributed by atoms with Gasteiger partial charge >= 0.3 is 5.97 Å². The van der Waals surface area contributed by atoms with Gasteiger partial charge in [-0.25, -0.2) is 0 Å². The number of methoxy groups -OCH3 is 1. The molecule has 0 aromatic rings. The molecular formula is C15H27NO2S. The number of rotatable bonds is 6. The number of nitrogens with one attached hydrogen (secondary N) is 1. The summed E-state index contributed by atoms with van der Waals surface area (Å²) in [7, 11) is 3.56. The molecule has 0 aromatic carbocycles. The Labute approximate surface area is 121 Å². The third-order valence-corrected chi connectivity index (χ3v) is 6.62. The number of esters is 1. The molecule has 0 heterocycles. The van der Waals surface area contributed by atoms with Crippen LogP contribution in [0, 0.1) is 10.8 Å². The lowest BCUT2D eigenvalue weighted by molar-refractivity contribution is -0.141. The smallest absolute Gasteiger partial charge is 0.306 e. The molecule has 110 valence electrons. The summed E-state index contributed by atoms with van der Waals surface area (Å²) >= 11 is 2.07. The van der Waals surface area contributed by atoms with Gasteiger partial charge < -0.3 is 10.1 Å². The van der Waals surface area contributed by atoms with Crippen molar-refractivity contribution in [2.24, 2.45) is 10.8 Å². The molecule has 2 atom stereocenters. The van der Waals surface area contributed by atoms with E-state index in [4.69, 9.17) is 4.74 Å². The summed E-state index contributed by atoms with van der Waals surface area (Å²) in [6.45, 7) is 4.71. The third-order valence-electron chi connectivity index (χ3n) is 4.91. The zero-order valence-corrected chi connectivity index (χ0v) is 13.4. The van der Waals surface area contributed by atoms with Gasteiger partial charge in [-0.15, -0.1) is 0 Å². The van der Waals surface area contributed by atoms with Gasteiger partial charge in [-0.1, -0.05) is 13.8 Å². The molecule has 0 saturated heterocycles. The predicted octanol–water partition coefficient (Wildman–Crippen LogP) is 2.84. The van der Waals surface area contributed by atoms with Crippen molar-refractivity contribution < 1.29 is 9.53 Å². The quantitative estimate of drug-likeness (QED) is 0.762. The Morgan fingerprint density at radius 2 is 2.05 bits per heavy atom. The molecule has 2 fully saturated rings. The summed E-state index contributed by atoms with van der Waals surface area (Å²) in [5, 5.41) is 4.19. The molecule has 2 rings (SSSR count). The summed E-state index contributed by atoms with van der Waals surface area (Å²) < 4.78 is 4.81. The number of ether oxygens (including phenoxy) is 1. The van der Waals surface area contributed by atoms with Gasteiger partial charge in [0, 0.05) is 11.3 Å². The van der Waals surface area contributed by atoms with Gasteiger partial charge in [-0.2, -0.15) is 11.8 Å². The zero-order valence-electron chi connectivity index (χ0n) is 12.6. The molecule has 0 bridgehead atoms. The maximum absolute atomic E-state index is 11.4. The highest BCUT2D eigenvalue weighted by atomic mass is 32.2. The monoisotopic (exact) mass is 285 g/mol. The van der Waals surface area contributed by atoms with E-state index in [1.165, 1.54) is 32.8 Å². The molecule has 4 heteroatoms. The number of carbonyl (C=O) groups is 1. The van der Waals surface area contributed by atoms with Gasteiger partial charge in [0.05, 0.1) is 13.5 Å². The van der Waals surface area contributed by atoms with Crippen LogP contribution in [0.1, 0.15) is 46.0 Å². The molecule has 2 saturated carbocycles. The molecule has 0 aliphatic heterocycles. The van der Waals surface area contributed by atoms with Crippen molar-refractivity contribution in [3.8, 4) is 0 Å². The van der Waals surface area contributed by atoms with E-state index in [0.29, 0.717) is 23.1 Å². The Morgan fingerprint density at radius 3 is 2.58 bits per heavy atom. The lowest BCUT2D eigenvalue weighted by atomic mass is 9.87. The summed E-state index contributed by atoms with van der Waals surface area (Å²) in [5.41, 5.74) is 0.647. The summed E-state index contributed by atoms with van der Waals surface area (Å²) in [4.78, 5) is 11.4. The fourth-order valence-electron chi connectivity index (χ4n) is 3.31. The molecule has 2 aliphatic carbocycles. The van der Waals surface area contributed by atoms with E-state index in [9.17, 15) is 4.79 Å². The van der Waals surface area contributed by atoms with Gasteiger partial charge in [0.2, 0.25) is 0 Å². The Morgan fingerprint density at radius 1 is 1.37 bits per heavy atom. The topological polar surface area (TPSA) is 38.3 Å². The van der Waals surface area contributed by atoms with Crippen LogP contribution in [-0.2, 0) is 9.53 Å². The minimum atomic E-state index is -0.0463. The Bertz CT molecular complexity index is 339. The lowest BCUT2D eigenvalue weighted by Gasteiger charge is -2.30. The highest BCUT2D eigenvalue weighted by molar-refractivity contribution is 8.00. The third kappa shape index (κ3) is 3.46. The van der Waals surface area contributed by atoms with E-state index in [2.05, 4.69) is 38.0 Å². The fourth-order valence-corrected chi connectivity index (χ4v) is 5.25. The first-order chi connectivity index (χ1) is 8.92. The summed E-state index contributed by atoms with van der Waals surface area (Å²) in [6, 6.07) is 0.589. The molecular weight excluding hydrogens is 258 g/mol. The predicted molar refractivity (Wildman–Crippen MR) is 80.4 cm³/mol. The van der Waals surface area contributed by atoms with Crippen LogP contribution in [-0.4, -0.2) is 37.2 Å². The molecule has 2 unspecified atom stereocenters. The average Bonchev–Trinajstić information content (AvgIpc) is 3.05. The molecule has 0 aromatic heterocycles. The van der Waals surface area contributed by atoms with Crippen LogP contribution in [0.25, 0.3) is 0 Å². The Hall–Kier alpha value is -0.220. The van der Waals surface area contributed by atoms with Crippen LogP contribution in [0.2, 0.25) is 0 Å². The Kier molecular flexibility index (Phi) is 4.51.